The third-order valence-corrected chi connectivity index (χ3v) is 7.09. The fourth-order valence-corrected chi connectivity index (χ4v) is 5.31. The molecule has 2 aliphatic heterocycles. The maximum atomic E-state index is 12.8. The Morgan fingerprint density at radius 1 is 1.00 bits per heavy atom. The number of sulfonamides is 1. The summed E-state index contributed by atoms with van der Waals surface area (Å²) in [5.74, 6) is -0.0717. The molecule has 2 heterocycles. The number of fused-ring (bicyclic) bond motifs is 3. The van der Waals surface area contributed by atoms with Gasteiger partial charge in [0.25, 0.3) is 0 Å². The van der Waals surface area contributed by atoms with Crippen LogP contribution in [0.25, 0.3) is 0 Å². The number of rotatable bonds is 4. The minimum atomic E-state index is -3.48. The number of hydrogen-bond donors (Lipinski definition) is 0. The van der Waals surface area contributed by atoms with E-state index < -0.39 is 10.0 Å². The van der Waals surface area contributed by atoms with Crippen LogP contribution in [0.3, 0.4) is 0 Å². The molecular formula is C20H22N2O3S. The van der Waals surface area contributed by atoms with Gasteiger partial charge in [-0.3, -0.25) is 4.79 Å². The van der Waals surface area contributed by atoms with Crippen molar-refractivity contribution in [3.05, 3.63) is 71.3 Å². The maximum Gasteiger partial charge on any atom is 0.238 e. The fraction of sp³-hybridized carbons (Fsp3) is 0.350. The topological polar surface area (TPSA) is 57.7 Å². The van der Waals surface area contributed by atoms with Crippen LogP contribution in [0.15, 0.2) is 54.6 Å². The molecule has 136 valence electrons. The number of aryl methyl sites for hydroxylation is 1. The van der Waals surface area contributed by atoms with Gasteiger partial charge < -0.3 is 4.90 Å². The van der Waals surface area contributed by atoms with Crippen LogP contribution in [0.4, 0.5) is 0 Å². The summed E-state index contributed by atoms with van der Waals surface area (Å²) in [5.41, 5.74) is 3.28. The zero-order valence-electron chi connectivity index (χ0n) is 14.5. The van der Waals surface area contributed by atoms with E-state index in [-0.39, 0.29) is 24.2 Å². The van der Waals surface area contributed by atoms with E-state index in [2.05, 4.69) is 6.07 Å². The van der Waals surface area contributed by atoms with Gasteiger partial charge in [-0.15, -0.1) is 0 Å². The van der Waals surface area contributed by atoms with Crippen molar-refractivity contribution >= 4 is 15.9 Å². The number of hydrogen-bond acceptors (Lipinski definition) is 3. The van der Waals surface area contributed by atoms with Gasteiger partial charge in [-0.2, -0.15) is 4.31 Å². The average Bonchev–Trinajstić information content (AvgIpc) is 2.67. The summed E-state index contributed by atoms with van der Waals surface area (Å²) in [5, 5.41) is 0. The Balaban J connectivity index is 1.54. The standard InChI is InChI=1S/C20H22N2O3S/c23-20-15-21(26(24,25)13-11-16-6-2-1-3-7-16)14-19-18-9-5-4-8-17(18)10-12-22(19)20/h1-9,19H,10-15H2. The van der Waals surface area contributed by atoms with Crippen LogP contribution in [-0.4, -0.2) is 48.9 Å². The Morgan fingerprint density at radius 3 is 2.54 bits per heavy atom. The van der Waals surface area contributed by atoms with Crippen LogP contribution in [0, 0.1) is 0 Å². The molecule has 26 heavy (non-hydrogen) atoms. The minimum Gasteiger partial charge on any atom is -0.333 e. The van der Waals surface area contributed by atoms with Gasteiger partial charge in [-0.05, 0) is 29.5 Å². The van der Waals surface area contributed by atoms with Crippen LogP contribution in [-0.2, 0) is 27.7 Å². The quantitative estimate of drug-likeness (QED) is 0.827. The number of benzene rings is 2. The van der Waals surface area contributed by atoms with Gasteiger partial charge in [0.2, 0.25) is 15.9 Å². The molecule has 1 atom stereocenters. The van der Waals surface area contributed by atoms with E-state index >= 15 is 0 Å². The van der Waals surface area contributed by atoms with Gasteiger partial charge in [0.1, 0.15) is 0 Å². The number of piperazine rings is 1. The zero-order chi connectivity index (χ0) is 18.1. The number of nitrogens with zero attached hydrogens (tertiary/aromatic N) is 2. The lowest BCUT2D eigenvalue weighted by Crippen LogP contribution is -2.56. The molecule has 0 aromatic heterocycles. The summed E-state index contributed by atoms with van der Waals surface area (Å²) in [6.45, 7) is 0.966. The lowest BCUT2D eigenvalue weighted by molar-refractivity contribution is -0.138. The van der Waals surface area contributed by atoms with E-state index in [1.807, 2.05) is 53.4 Å². The van der Waals surface area contributed by atoms with Crippen molar-refractivity contribution in [3.63, 3.8) is 0 Å². The number of carbonyl (C=O) groups is 1. The first-order valence-corrected chi connectivity index (χ1v) is 10.5. The summed E-state index contributed by atoms with van der Waals surface area (Å²) >= 11 is 0. The molecule has 5 nitrogen and oxygen atoms in total. The van der Waals surface area contributed by atoms with Crippen molar-refractivity contribution in [2.75, 3.05) is 25.4 Å². The molecule has 4 rings (SSSR count). The first-order valence-electron chi connectivity index (χ1n) is 8.93. The second kappa shape index (κ2) is 6.85. The van der Waals surface area contributed by atoms with Crippen molar-refractivity contribution in [1.82, 2.24) is 9.21 Å². The van der Waals surface area contributed by atoms with Gasteiger partial charge in [0.15, 0.2) is 0 Å². The first kappa shape index (κ1) is 17.2. The Kier molecular flexibility index (Phi) is 4.54. The second-order valence-electron chi connectivity index (χ2n) is 6.90. The average molecular weight is 370 g/mol. The second-order valence-corrected chi connectivity index (χ2v) is 8.98. The molecule has 6 heteroatoms. The summed E-state index contributed by atoms with van der Waals surface area (Å²) in [6.07, 6.45) is 1.29. The van der Waals surface area contributed by atoms with Gasteiger partial charge in [0.05, 0.1) is 18.3 Å². The third-order valence-electron chi connectivity index (χ3n) is 5.31. The Morgan fingerprint density at radius 2 is 1.73 bits per heavy atom. The minimum absolute atomic E-state index is 0.0264. The lowest BCUT2D eigenvalue weighted by Gasteiger charge is -2.44. The maximum absolute atomic E-state index is 12.8. The molecule has 1 amide bonds. The summed E-state index contributed by atoms with van der Waals surface area (Å²) in [7, 11) is -3.48. The van der Waals surface area contributed by atoms with Crippen molar-refractivity contribution in [2.24, 2.45) is 0 Å². The third kappa shape index (κ3) is 3.27. The molecule has 0 saturated carbocycles. The summed E-state index contributed by atoms with van der Waals surface area (Å²) in [6, 6.07) is 17.4. The smallest absolute Gasteiger partial charge is 0.238 e. The highest BCUT2D eigenvalue weighted by Crippen LogP contribution is 2.33. The van der Waals surface area contributed by atoms with Crippen molar-refractivity contribution in [3.8, 4) is 0 Å². The van der Waals surface area contributed by atoms with Gasteiger partial charge in [0, 0.05) is 13.1 Å². The van der Waals surface area contributed by atoms with Crippen molar-refractivity contribution in [1.29, 1.82) is 0 Å². The normalized spacial score (nSPS) is 20.5. The van der Waals surface area contributed by atoms with E-state index in [4.69, 9.17) is 0 Å². The number of carbonyl (C=O) groups excluding carboxylic acids is 1. The molecule has 1 saturated heterocycles. The molecule has 2 aromatic rings. The zero-order valence-corrected chi connectivity index (χ0v) is 15.4. The van der Waals surface area contributed by atoms with Crippen LogP contribution in [0.1, 0.15) is 22.7 Å². The van der Waals surface area contributed by atoms with E-state index in [0.29, 0.717) is 19.5 Å². The molecule has 1 unspecified atom stereocenters. The predicted molar refractivity (Wildman–Crippen MR) is 100 cm³/mol. The largest absolute Gasteiger partial charge is 0.333 e. The monoisotopic (exact) mass is 370 g/mol. The van der Waals surface area contributed by atoms with Gasteiger partial charge >= 0.3 is 0 Å². The predicted octanol–water partition coefficient (Wildman–Crippen LogP) is 2.00. The van der Waals surface area contributed by atoms with Crippen molar-refractivity contribution in [2.45, 2.75) is 18.9 Å². The van der Waals surface area contributed by atoms with Crippen LogP contribution in [0.5, 0.6) is 0 Å². The van der Waals surface area contributed by atoms with E-state index in [1.165, 1.54) is 9.87 Å². The highest BCUT2D eigenvalue weighted by Gasteiger charge is 2.40. The molecular weight excluding hydrogens is 348 g/mol. The molecule has 0 N–H and O–H groups in total. The SMILES string of the molecule is O=C1CN(S(=O)(=O)CCc2ccccc2)CC2c3ccccc3CCN12. The molecule has 0 spiro atoms. The molecule has 2 aliphatic rings. The van der Waals surface area contributed by atoms with E-state index in [1.54, 1.807) is 0 Å². The number of amides is 1. The Labute approximate surface area is 154 Å². The Bertz CT molecular complexity index is 912. The van der Waals surface area contributed by atoms with E-state index in [0.717, 1.165) is 17.5 Å². The van der Waals surface area contributed by atoms with Crippen LogP contribution < -0.4 is 0 Å². The van der Waals surface area contributed by atoms with E-state index in [9.17, 15) is 13.2 Å². The van der Waals surface area contributed by atoms with Crippen LogP contribution in [0.2, 0.25) is 0 Å². The van der Waals surface area contributed by atoms with Gasteiger partial charge in [-0.25, -0.2) is 8.42 Å². The van der Waals surface area contributed by atoms with Crippen molar-refractivity contribution < 1.29 is 13.2 Å². The first-order chi connectivity index (χ1) is 12.5. The molecule has 0 radical (unpaired) electrons. The Hall–Kier alpha value is -2.18. The molecule has 1 fully saturated rings. The highest BCUT2D eigenvalue weighted by molar-refractivity contribution is 7.89. The summed E-state index contributed by atoms with van der Waals surface area (Å²) < 4.78 is 27.1. The van der Waals surface area contributed by atoms with Crippen LogP contribution >= 0.6 is 0 Å². The fourth-order valence-electron chi connectivity index (χ4n) is 3.88. The highest BCUT2D eigenvalue weighted by atomic mass is 32.2. The summed E-state index contributed by atoms with van der Waals surface area (Å²) in [4.78, 5) is 14.4. The lowest BCUT2D eigenvalue weighted by atomic mass is 9.91. The van der Waals surface area contributed by atoms with Gasteiger partial charge in [-0.1, -0.05) is 54.6 Å². The molecule has 0 bridgehead atoms. The molecule has 0 aliphatic carbocycles. The molecule has 2 aromatic carbocycles.